The molecular formula is C18H16O7. The third kappa shape index (κ3) is 2.69. The molecule has 2 aromatic rings. The van der Waals surface area contributed by atoms with E-state index in [-0.39, 0.29) is 40.1 Å². The van der Waals surface area contributed by atoms with Crippen LogP contribution < -0.4 is 18.9 Å². The van der Waals surface area contributed by atoms with Gasteiger partial charge in [0.1, 0.15) is 11.3 Å². The first-order valence-electron chi connectivity index (χ1n) is 7.29. The average molecular weight is 344 g/mol. The quantitative estimate of drug-likeness (QED) is 0.650. The number of benzene rings is 2. The summed E-state index contributed by atoms with van der Waals surface area (Å²) in [4.78, 5) is 12.7. The third-order valence-electron chi connectivity index (χ3n) is 3.76. The Hall–Kier alpha value is -3.35. The van der Waals surface area contributed by atoms with E-state index in [1.165, 1.54) is 39.5 Å². The molecule has 0 fully saturated rings. The summed E-state index contributed by atoms with van der Waals surface area (Å²) in [5, 5.41) is 18.9. The lowest BCUT2D eigenvalue weighted by atomic mass is 10.1. The molecule has 2 N–H and O–H groups in total. The van der Waals surface area contributed by atoms with Gasteiger partial charge in [-0.3, -0.25) is 4.79 Å². The normalized spacial score (nSPS) is 14.2. The molecule has 7 heteroatoms. The van der Waals surface area contributed by atoms with E-state index < -0.39 is 0 Å². The number of hydrogen-bond acceptors (Lipinski definition) is 7. The number of phenols is 2. The predicted molar refractivity (Wildman–Crippen MR) is 88.8 cm³/mol. The lowest BCUT2D eigenvalue weighted by Gasteiger charge is -2.13. The zero-order valence-electron chi connectivity index (χ0n) is 13.8. The smallest absolute Gasteiger partial charge is 0.235 e. The third-order valence-corrected chi connectivity index (χ3v) is 3.76. The van der Waals surface area contributed by atoms with Gasteiger partial charge >= 0.3 is 0 Å². The molecule has 1 aliphatic heterocycles. The van der Waals surface area contributed by atoms with Gasteiger partial charge in [0, 0.05) is 6.07 Å². The summed E-state index contributed by atoms with van der Waals surface area (Å²) in [6, 6.07) is 5.73. The number of ketones is 1. The number of aromatic hydroxyl groups is 2. The number of hydrogen-bond donors (Lipinski definition) is 2. The fourth-order valence-corrected chi connectivity index (χ4v) is 2.59. The highest BCUT2D eigenvalue weighted by molar-refractivity contribution is 6.17. The second-order valence-corrected chi connectivity index (χ2v) is 5.21. The maximum atomic E-state index is 12.7. The summed E-state index contributed by atoms with van der Waals surface area (Å²) < 4.78 is 21.5. The maximum Gasteiger partial charge on any atom is 0.235 e. The van der Waals surface area contributed by atoms with Crippen molar-refractivity contribution in [3.05, 3.63) is 41.2 Å². The second kappa shape index (κ2) is 6.27. The van der Waals surface area contributed by atoms with Crippen molar-refractivity contribution in [1.29, 1.82) is 0 Å². The van der Waals surface area contributed by atoms with Crippen LogP contribution in [0.2, 0.25) is 0 Å². The van der Waals surface area contributed by atoms with E-state index >= 15 is 0 Å². The number of rotatable bonds is 4. The van der Waals surface area contributed by atoms with E-state index in [4.69, 9.17) is 18.9 Å². The van der Waals surface area contributed by atoms with Crippen LogP contribution in [0.1, 0.15) is 15.9 Å². The van der Waals surface area contributed by atoms with Gasteiger partial charge in [0.2, 0.25) is 11.5 Å². The van der Waals surface area contributed by atoms with Crippen molar-refractivity contribution in [3.63, 3.8) is 0 Å². The van der Waals surface area contributed by atoms with Crippen LogP contribution in [-0.4, -0.2) is 37.3 Å². The van der Waals surface area contributed by atoms with Crippen LogP contribution >= 0.6 is 0 Å². The zero-order chi connectivity index (χ0) is 18.1. The number of phenolic OH excluding ortho intramolecular Hbond substituents is 2. The second-order valence-electron chi connectivity index (χ2n) is 5.21. The van der Waals surface area contributed by atoms with Crippen LogP contribution in [0.15, 0.2) is 30.0 Å². The molecule has 0 radical (unpaired) electrons. The SMILES string of the molecule is COc1cc2c(c(OC)c1OC)C(=O)/C(=C\c1ccc(O)c(O)c1)O2. The van der Waals surface area contributed by atoms with E-state index in [2.05, 4.69) is 0 Å². The van der Waals surface area contributed by atoms with E-state index in [0.717, 1.165) is 0 Å². The molecule has 7 nitrogen and oxygen atoms in total. The van der Waals surface area contributed by atoms with E-state index in [9.17, 15) is 15.0 Å². The van der Waals surface area contributed by atoms with Crippen molar-refractivity contribution in [3.8, 4) is 34.5 Å². The topological polar surface area (TPSA) is 94.5 Å². The molecule has 1 aliphatic rings. The van der Waals surface area contributed by atoms with Gasteiger partial charge < -0.3 is 29.2 Å². The molecule has 25 heavy (non-hydrogen) atoms. The average Bonchev–Trinajstić information content (AvgIpc) is 2.92. The Balaban J connectivity index is 2.09. The summed E-state index contributed by atoms with van der Waals surface area (Å²) >= 11 is 0. The first-order chi connectivity index (χ1) is 12.0. The minimum Gasteiger partial charge on any atom is -0.504 e. The van der Waals surface area contributed by atoms with Gasteiger partial charge in [-0.05, 0) is 23.8 Å². The van der Waals surface area contributed by atoms with Crippen LogP contribution in [-0.2, 0) is 0 Å². The van der Waals surface area contributed by atoms with Crippen molar-refractivity contribution in [2.45, 2.75) is 0 Å². The number of methoxy groups -OCH3 is 3. The van der Waals surface area contributed by atoms with Gasteiger partial charge in [-0.1, -0.05) is 6.07 Å². The van der Waals surface area contributed by atoms with Gasteiger partial charge in [0.15, 0.2) is 28.8 Å². The largest absolute Gasteiger partial charge is 0.504 e. The first-order valence-corrected chi connectivity index (χ1v) is 7.29. The Bertz CT molecular complexity index is 883. The molecule has 2 aromatic carbocycles. The molecule has 0 unspecified atom stereocenters. The molecule has 130 valence electrons. The van der Waals surface area contributed by atoms with Gasteiger partial charge in [0.05, 0.1) is 21.3 Å². The van der Waals surface area contributed by atoms with Gasteiger partial charge in [0.25, 0.3) is 0 Å². The molecule has 0 amide bonds. The monoisotopic (exact) mass is 344 g/mol. The fraction of sp³-hybridized carbons (Fsp3) is 0.167. The lowest BCUT2D eigenvalue weighted by Crippen LogP contribution is -2.02. The fourth-order valence-electron chi connectivity index (χ4n) is 2.59. The van der Waals surface area contributed by atoms with Crippen LogP contribution in [0, 0.1) is 0 Å². The van der Waals surface area contributed by atoms with Crippen LogP contribution in [0.25, 0.3) is 6.08 Å². The van der Waals surface area contributed by atoms with Crippen LogP contribution in [0.4, 0.5) is 0 Å². The molecule has 0 aromatic heterocycles. The molecule has 0 saturated carbocycles. The number of carbonyl (C=O) groups excluding carboxylic acids is 1. The van der Waals surface area contributed by atoms with Gasteiger partial charge in [-0.25, -0.2) is 0 Å². The highest BCUT2D eigenvalue weighted by atomic mass is 16.5. The Morgan fingerprint density at radius 2 is 1.68 bits per heavy atom. The summed E-state index contributed by atoms with van der Waals surface area (Å²) in [6.07, 6.45) is 1.46. The van der Waals surface area contributed by atoms with Crippen molar-refractivity contribution in [2.75, 3.05) is 21.3 Å². The van der Waals surface area contributed by atoms with E-state index in [0.29, 0.717) is 17.1 Å². The molecule has 1 heterocycles. The van der Waals surface area contributed by atoms with Crippen molar-refractivity contribution in [2.24, 2.45) is 0 Å². The van der Waals surface area contributed by atoms with E-state index in [1.54, 1.807) is 12.1 Å². The maximum absolute atomic E-state index is 12.7. The van der Waals surface area contributed by atoms with Crippen LogP contribution in [0.5, 0.6) is 34.5 Å². The molecule has 0 atom stereocenters. The number of Topliss-reactive ketones (excluding diaryl/α,β-unsaturated/α-hetero) is 1. The molecule has 0 saturated heterocycles. The number of allylic oxidation sites excluding steroid dienone is 1. The van der Waals surface area contributed by atoms with Gasteiger partial charge in [-0.15, -0.1) is 0 Å². The summed E-state index contributed by atoms with van der Waals surface area (Å²) in [6.45, 7) is 0. The summed E-state index contributed by atoms with van der Waals surface area (Å²) in [5.41, 5.74) is 0.721. The summed E-state index contributed by atoms with van der Waals surface area (Å²) in [5.74, 6) is 0.291. The van der Waals surface area contributed by atoms with Crippen molar-refractivity contribution in [1.82, 2.24) is 0 Å². The number of ether oxygens (including phenoxy) is 4. The highest BCUT2D eigenvalue weighted by Crippen LogP contribution is 2.49. The first kappa shape index (κ1) is 16.5. The number of fused-ring (bicyclic) bond motifs is 1. The summed E-state index contributed by atoms with van der Waals surface area (Å²) in [7, 11) is 4.34. The molecule has 3 rings (SSSR count). The Morgan fingerprint density at radius 3 is 2.28 bits per heavy atom. The Kier molecular flexibility index (Phi) is 4.14. The molecule has 0 bridgehead atoms. The Labute approximate surface area is 143 Å². The van der Waals surface area contributed by atoms with Gasteiger partial charge in [-0.2, -0.15) is 0 Å². The zero-order valence-corrected chi connectivity index (χ0v) is 13.8. The van der Waals surface area contributed by atoms with Crippen molar-refractivity contribution >= 4 is 11.9 Å². The predicted octanol–water partition coefficient (Wildman–Crippen LogP) is 2.74. The minimum absolute atomic E-state index is 0.0497. The standard InChI is InChI=1S/C18H16O7/c1-22-14-8-12-15(18(24-3)17(14)23-2)16(21)13(25-12)7-9-4-5-10(19)11(20)6-9/h4-8,19-20H,1-3H3/b13-7+. The Morgan fingerprint density at radius 1 is 0.960 bits per heavy atom. The van der Waals surface area contributed by atoms with Crippen molar-refractivity contribution < 1.29 is 34.0 Å². The number of carbonyl (C=O) groups is 1. The molecular weight excluding hydrogens is 328 g/mol. The molecule has 0 aliphatic carbocycles. The minimum atomic E-state index is -0.389. The lowest BCUT2D eigenvalue weighted by molar-refractivity contribution is 0.101. The highest BCUT2D eigenvalue weighted by Gasteiger charge is 2.35. The molecule has 0 spiro atoms. The van der Waals surface area contributed by atoms with Crippen LogP contribution in [0.3, 0.4) is 0 Å². The van der Waals surface area contributed by atoms with E-state index in [1.807, 2.05) is 0 Å².